The molecule has 3 nitrogen and oxygen atoms in total. The molecule has 2 aromatic rings. The van der Waals surface area contributed by atoms with Crippen molar-refractivity contribution in [2.45, 2.75) is 19.4 Å². The quantitative estimate of drug-likeness (QED) is 0.876. The zero-order valence-electron chi connectivity index (χ0n) is 12.4. The lowest BCUT2D eigenvalue weighted by Crippen LogP contribution is -2.43. The number of halogens is 2. The predicted octanol–water partition coefficient (Wildman–Crippen LogP) is 4.42. The number of benzene rings is 2. The van der Waals surface area contributed by atoms with E-state index in [4.69, 9.17) is 27.9 Å². The lowest BCUT2D eigenvalue weighted by molar-refractivity contribution is -0.124. The number of hydrogen-bond donors (Lipinski definition) is 1. The van der Waals surface area contributed by atoms with Gasteiger partial charge in [-0.3, -0.25) is 4.79 Å². The van der Waals surface area contributed by atoms with Gasteiger partial charge in [0.15, 0.2) is 6.61 Å². The molecule has 0 atom stereocenters. The molecule has 0 aliphatic carbocycles. The van der Waals surface area contributed by atoms with Crippen LogP contribution in [0.4, 0.5) is 0 Å². The number of nitrogens with one attached hydrogen (secondary N) is 1. The molecule has 0 unspecified atom stereocenters. The number of ether oxygens (including phenoxy) is 1. The third-order valence-corrected chi connectivity index (χ3v) is 3.73. The second kappa shape index (κ2) is 7.03. The van der Waals surface area contributed by atoms with Gasteiger partial charge in [-0.05, 0) is 37.6 Å². The molecule has 0 aliphatic rings. The first-order valence-corrected chi connectivity index (χ1v) is 7.58. The number of carbonyl (C=O) groups is 1. The van der Waals surface area contributed by atoms with E-state index in [-0.39, 0.29) is 12.5 Å². The molecule has 0 aromatic heterocycles. The van der Waals surface area contributed by atoms with Crippen molar-refractivity contribution in [2.75, 3.05) is 6.61 Å². The minimum atomic E-state index is -0.481. The van der Waals surface area contributed by atoms with Crippen molar-refractivity contribution in [3.05, 3.63) is 64.1 Å². The van der Waals surface area contributed by atoms with Gasteiger partial charge < -0.3 is 10.1 Å². The summed E-state index contributed by atoms with van der Waals surface area (Å²) in [5.74, 6) is 0.207. The normalized spacial score (nSPS) is 11.1. The molecular formula is C17H17Cl2NO2. The van der Waals surface area contributed by atoms with E-state index in [0.717, 1.165) is 5.56 Å². The van der Waals surface area contributed by atoms with Crippen LogP contribution < -0.4 is 10.1 Å². The molecule has 0 bridgehead atoms. The van der Waals surface area contributed by atoms with Crippen molar-refractivity contribution < 1.29 is 9.53 Å². The summed E-state index contributed by atoms with van der Waals surface area (Å²) in [7, 11) is 0. The molecule has 0 heterocycles. The summed E-state index contributed by atoms with van der Waals surface area (Å²) >= 11 is 11.8. The van der Waals surface area contributed by atoms with Crippen molar-refractivity contribution in [3.63, 3.8) is 0 Å². The first kappa shape index (κ1) is 16.7. The van der Waals surface area contributed by atoms with Crippen molar-refractivity contribution in [3.8, 4) is 5.75 Å². The minimum absolute atomic E-state index is 0.113. The van der Waals surface area contributed by atoms with Gasteiger partial charge in [-0.2, -0.15) is 0 Å². The Morgan fingerprint density at radius 2 is 1.82 bits per heavy atom. The fourth-order valence-corrected chi connectivity index (χ4v) is 2.51. The first-order chi connectivity index (χ1) is 10.4. The molecule has 0 spiro atoms. The Bertz CT molecular complexity index is 657. The highest BCUT2D eigenvalue weighted by atomic mass is 35.5. The van der Waals surface area contributed by atoms with E-state index in [1.54, 1.807) is 18.2 Å². The molecule has 116 valence electrons. The average molecular weight is 338 g/mol. The average Bonchev–Trinajstić information content (AvgIpc) is 2.47. The molecule has 0 radical (unpaired) electrons. The second-order valence-corrected chi connectivity index (χ2v) is 6.25. The van der Waals surface area contributed by atoms with E-state index in [1.807, 2.05) is 44.2 Å². The molecule has 2 aromatic carbocycles. The Labute approximate surface area is 140 Å². The monoisotopic (exact) mass is 337 g/mol. The first-order valence-electron chi connectivity index (χ1n) is 6.83. The zero-order valence-corrected chi connectivity index (χ0v) is 13.9. The zero-order chi connectivity index (χ0) is 16.2. The second-order valence-electron chi connectivity index (χ2n) is 5.40. The summed E-state index contributed by atoms with van der Waals surface area (Å²) < 4.78 is 5.43. The lowest BCUT2D eigenvalue weighted by Gasteiger charge is -2.27. The largest absolute Gasteiger partial charge is 0.482 e. The minimum Gasteiger partial charge on any atom is -0.482 e. The maximum absolute atomic E-state index is 12.1. The molecule has 2 rings (SSSR count). The molecular weight excluding hydrogens is 321 g/mol. The van der Waals surface area contributed by atoms with Gasteiger partial charge in [0.05, 0.1) is 10.6 Å². The van der Waals surface area contributed by atoms with Crippen molar-refractivity contribution >= 4 is 29.1 Å². The highest BCUT2D eigenvalue weighted by Gasteiger charge is 2.22. The van der Waals surface area contributed by atoms with Crippen LogP contribution in [0, 0.1) is 0 Å². The fourth-order valence-electron chi connectivity index (χ4n) is 2.05. The Hall–Kier alpha value is -1.71. The van der Waals surface area contributed by atoms with Crippen LogP contribution in [0.25, 0.3) is 0 Å². The third-order valence-electron chi connectivity index (χ3n) is 3.20. The lowest BCUT2D eigenvalue weighted by atomic mass is 9.94. The summed E-state index contributed by atoms with van der Waals surface area (Å²) in [5.41, 5.74) is 0.541. The Morgan fingerprint density at radius 1 is 1.14 bits per heavy atom. The van der Waals surface area contributed by atoms with Crippen LogP contribution in [0.1, 0.15) is 19.4 Å². The van der Waals surface area contributed by atoms with E-state index in [1.165, 1.54) is 0 Å². The van der Waals surface area contributed by atoms with Gasteiger partial charge in [-0.1, -0.05) is 53.5 Å². The number of hydrogen-bond acceptors (Lipinski definition) is 2. The van der Waals surface area contributed by atoms with Gasteiger partial charge in [0.25, 0.3) is 5.91 Å². The summed E-state index contributed by atoms with van der Waals surface area (Å²) in [5, 5.41) is 3.84. The highest BCUT2D eigenvalue weighted by Crippen LogP contribution is 2.27. The van der Waals surface area contributed by atoms with Crippen molar-refractivity contribution in [1.82, 2.24) is 5.32 Å². The van der Waals surface area contributed by atoms with Crippen LogP contribution in [0.3, 0.4) is 0 Å². The molecule has 22 heavy (non-hydrogen) atoms. The molecule has 1 N–H and O–H groups in total. The van der Waals surface area contributed by atoms with E-state index in [0.29, 0.717) is 15.8 Å². The Balaban J connectivity index is 1.95. The van der Waals surface area contributed by atoms with Crippen LogP contribution in [0.15, 0.2) is 48.5 Å². The van der Waals surface area contributed by atoms with Gasteiger partial charge in [-0.25, -0.2) is 0 Å². The molecule has 0 saturated heterocycles. The van der Waals surface area contributed by atoms with Gasteiger partial charge >= 0.3 is 0 Å². The van der Waals surface area contributed by atoms with E-state index >= 15 is 0 Å². The van der Waals surface area contributed by atoms with E-state index in [2.05, 4.69) is 5.32 Å². The Morgan fingerprint density at radius 3 is 2.45 bits per heavy atom. The molecule has 0 aliphatic heterocycles. The van der Waals surface area contributed by atoms with Gasteiger partial charge in [0, 0.05) is 5.02 Å². The van der Waals surface area contributed by atoms with Gasteiger partial charge in [0.2, 0.25) is 0 Å². The van der Waals surface area contributed by atoms with E-state index in [9.17, 15) is 4.79 Å². The standard InChI is InChI=1S/C17H17Cl2NO2/c1-17(2,12-6-4-3-5-7-12)20-16(21)11-22-15-9-8-13(18)10-14(15)19/h3-10H,11H2,1-2H3,(H,20,21). The topological polar surface area (TPSA) is 38.3 Å². The van der Waals surface area contributed by atoms with Gasteiger partial charge in [-0.15, -0.1) is 0 Å². The van der Waals surface area contributed by atoms with Crippen molar-refractivity contribution in [2.24, 2.45) is 0 Å². The summed E-state index contributed by atoms with van der Waals surface area (Å²) in [6.07, 6.45) is 0. The number of rotatable bonds is 5. The van der Waals surface area contributed by atoms with E-state index < -0.39 is 5.54 Å². The van der Waals surface area contributed by atoms with Gasteiger partial charge in [0.1, 0.15) is 5.75 Å². The third kappa shape index (κ3) is 4.39. The van der Waals surface area contributed by atoms with Crippen LogP contribution in [0.2, 0.25) is 10.0 Å². The predicted molar refractivity (Wildman–Crippen MR) is 89.6 cm³/mol. The number of amides is 1. The summed E-state index contributed by atoms with van der Waals surface area (Å²) in [6.45, 7) is 3.77. The SMILES string of the molecule is CC(C)(NC(=O)COc1ccc(Cl)cc1Cl)c1ccccc1. The molecule has 0 saturated carbocycles. The molecule has 5 heteroatoms. The molecule has 1 amide bonds. The highest BCUT2D eigenvalue weighted by molar-refractivity contribution is 6.35. The fraction of sp³-hybridized carbons (Fsp3) is 0.235. The van der Waals surface area contributed by atoms with Crippen LogP contribution in [-0.2, 0) is 10.3 Å². The summed E-state index contributed by atoms with van der Waals surface area (Å²) in [6, 6.07) is 14.6. The van der Waals surface area contributed by atoms with Crippen LogP contribution in [0.5, 0.6) is 5.75 Å². The van der Waals surface area contributed by atoms with Crippen LogP contribution in [-0.4, -0.2) is 12.5 Å². The molecule has 0 fully saturated rings. The smallest absolute Gasteiger partial charge is 0.258 e. The summed E-state index contributed by atoms with van der Waals surface area (Å²) in [4.78, 5) is 12.1. The van der Waals surface area contributed by atoms with Crippen molar-refractivity contribution in [1.29, 1.82) is 0 Å². The van der Waals surface area contributed by atoms with Crippen LogP contribution >= 0.6 is 23.2 Å². The number of carbonyl (C=O) groups excluding carboxylic acids is 1. The maximum Gasteiger partial charge on any atom is 0.258 e. The Kier molecular flexibility index (Phi) is 5.33. The maximum atomic E-state index is 12.1.